The van der Waals surface area contributed by atoms with Crippen LogP contribution in [0, 0.1) is 17.8 Å². The van der Waals surface area contributed by atoms with Crippen molar-refractivity contribution in [2.45, 2.75) is 45.8 Å². The van der Waals surface area contributed by atoms with E-state index >= 15 is 0 Å². The molecule has 0 aromatic heterocycles. The maximum Gasteiger partial charge on any atom is 0.337 e. The summed E-state index contributed by atoms with van der Waals surface area (Å²) >= 11 is 0. The first kappa shape index (κ1) is 23.7. The van der Waals surface area contributed by atoms with Crippen molar-refractivity contribution in [2.75, 3.05) is 13.2 Å². The van der Waals surface area contributed by atoms with Gasteiger partial charge in [-0.2, -0.15) is 0 Å². The molecule has 1 saturated heterocycles. The number of carbonyl (C=O) groups excluding carboxylic acids is 3. The summed E-state index contributed by atoms with van der Waals surface area (Å²) in [4.78, 5) is 37.3. The van der Waals surface area contributed by atoms with Crippen LogP contribution in [0.15, 0.2) is 59.3 Å². The minimum atomic E-state index is -0.729. The number of rotatable bonds is 6. The van der Waals surface area contributed by atoms with Gasteiger partial charge < -0.3 is 19.3 Å². The van der Waals surface area contributed by atoms with E-state index in [-0.39, 0.29) is 29.6 Å². The molecule has 0 aromatic carbocycles. The van der Waals surface area contributed by atoms with Crippen molar-refractivity contribution in [2.24, 2.45) is 17.8 Å². The Morgan fingerprint density at radius 1 is 1.28 bits per heavy atom. The van der Waals surface area contributed by atoms with E-state index in [0.717, 1.165) is 17.6 Å². The summed E-state index contributed by atoms with van der Waals surface area (Å²) in [6.07, 6.45) is 4.99. The van der Waals surface area contributed by atoms with Crippen LogP contribution in [0.25, 0.3) is 0 Å². The van der Waals surface area contributed by atoms with E-state index in [9.17, 15) is 19.5 Å². The normalized spacial score (nSPS) is 30.2. The van der Waals surface area contributed by atoms with Crippen LogP contribution >= 0.6 is 0 Å². The van der Waals surface area contributed by atoms with Crippen molar-refractivity contribution >= 4 is 17.9 Å². The molecular weight excluding hydrogens is 412 g/mol. The number of fused-ring (bicyclic) bond motifs is 3. The van der Waals surface area contributed by atoms with E-state index in [1.807, 2.05) is 6.92 Å². The highest BCUT2D eigenvalue weighted by atomic mass is 16.6. The molecule has 0 bridgehead atoms. The van der Waals surface area contributed by atoms with E-state index < -0.39 is 42.6 Å². The zero-order valence-corrected chi connectivity index (χ0v) is 18.8. The molecule has 1 N–H and O–H groups in total. The van der Waals surface area contributed by atoms with Crippen molar-refractivity contribution in [3.8, 4) is 0 Å². The van der Waals surface area contributed by atoms with Gasteiger partial charge in [0.2, 0.25) is 0 Å². The topological polar surface area (TPSA) is 99.1 Å². The minimum absolute atomic E-state index is 0.0169. The Morgan fingerprint density at radius 2 is 2.00 bits per heavy atom. The molecule has 5 atom stereocenters. The Kier molecular flexibility index (Phi) is 7.19. The van der Waals surface area contributed by atoms with Gasteiger partial charge in [0.15, 0.2) is 0 Å². The molecule has 0 amide bonds. The molecule has 1 heterocycles. The van der Waals surface area contributed by atoms with Gasteiger partial charge in [-0.05, 0) is 39.2 Å². The molecule has 2 aliphatic carbocycles. The minimum Gasteiger partial charge on any atom is -0.458 e. The predicted octanol–water partition coefficient (Wildman–Crippen LogP) is 2.97. The van der Waals surface area contributed by atoms with Crippen LogP contribution in [0.2, 0.25) is 0 Å². The third kappa shape index (κ3) is 4.48. The lowest BCUT2D eigenvalue weighted by atomic mass is 9.80. The Hall–Kier alpha value is -2.93. The average molecular weight is 443 g/mol. The molecule has 7 heteroatoms. The van der Waals surface area contributed by atoms with Crippen LogP contribution in [0.1, 0.15) is 33.6 Å². The Balaban J connectivity index is 1.81. The molecular formula is C25H30O7. The first-order chi connectivity index (χ1) is 15.2. The number of hydrogen-bond donors (Lipinski definition) is 1. The van der Waals surface area contributed by atoms with Crippen LogP contribution in [0.4, 0.5) is 0 Å². The summed E-state index contributed by atoms with van der Waals surface area (Å²) in [5.41, 5.74) is 2.76. The second-order valence-electron chi connectivity index (χ2n) is 8.50. The molecule has 2 fully saturated rings. The first-order valence-electron chi connectivity index (χ1n) is 10.7. The zero-order chi connectivity index (χ0) is 23.6. The monoisotopic (exact) mass is 442 g/mol. The van der Waals surface area contributed by atoms with Gasteiger partial charge in [-0.1, -0.05) is 36.5 Å². The van der Waals surface area contributed by atoms with Crippen LogP contribution in [-0.4, -0.2) is 48.4 Å². The van der Waals surface area contributed by atoms with Crippen molar-refractivity contribution in [1.82, 2.24) is 0 Å². The Morgan fingerprint density at radius 3 is 2.66 bits per heavy atom. The Labute approximate surface area is 188 Å². The van der Waals surface area contributed by atoms with E-state index in [4.69, 9.17) is 14.2 Å². The number of aliphatic hydroxyl groups excluding tert-OH is 1. The number of aliphatic hydroxyl groups is 1. The SMILES string of the molecule is C=C1CC(OC(=O)C(=CCO)COC(=O)C(C)=CC)C2C(=C)C(=O)OC2C2C(C)=CCC12. The molecule has 172 valence electrons. The van der Waals surface area contributed by atoms with E-state index in [1.165, 1.54) is 6.08 Å². The molecule has 0 spiro atoms. The lowest BCUT2D eigenvalue weighted by Gasteiger charge is -2.28. The van der Waals surface area contributed by atoms with Gasteiger partial charge in [-0.3, -0.25) is 0 Å². The predicted molar refractivity (Wildman–Crippen MR) is 117 cm³/mol. The van der Waals surface area contributed by atoms with E-state index in [1.54, 1.807) is 19.9 Å². The summed E-state index contributed by atoms with van der Waals surface area (Å²) in [6, 6.07) is 0. The van der Waals surface area contributed by atoms with Gasteiger partial charge >= 0.3 is 17.9 Å². The van der Waals surface area contributed by atoms with Gasteiger partial charge in [-0.25, -0.2) is 14.4 Å². The number of hydrogen-bond acceptors (Lipinski definition) is 7. The summed E-state index contributed by atoms with van der Waals surface area (Å²) < 4.78 is 16.7. The van der Waals surface area contributed by atoms with Gasteiger partial charge in [0.1, 0.15) is 18.8 Å². The zero-order valence-electron chi connectivity index (χ0n) is 18.8. The van der Waals surface area contributed by atoms with Crippen molar-refractivity contribution < 1.29 is 33.7 Å². The fourth-order valence-corrected chi connectivity index (χ4v) is 4.71. The maximum absolute atomic E-state index is 13.0. The van der Waals surface area contributed by atoms with E-state index in [0.29, 0.717) is 12.0 Å². The largest absolute Gasteiger partial charge is 0.458 e. The summed E-state index contributed by atoms with van der Waals surface area (Å²) in [5.74, 6) is -2.17. The smallest absolute Gasteiger partial charge is 0.337 e. The molecule has 1 saturated carbocycles. The fourth-order valence-electron chi connectivity index (χ4n) is 4.71. The number of carbonyl (C=O) groups is 3. The lowest BCUT2D eigenvalue weighted by Crippen LogP contribution is -2.36. The molecule has 5 unspecified atom stereocenters. The number of esters is 3. The highest BCUT2D eigenvalue weighted by Crippen LogP contribution is 2.51. The summed E-state index contributed by atoms with van der Waals surface area (Å²) in [5, 5.41) is 9.33. The van der Waals surface area contributed by atoms with Gasteiger partial charge in [0.05, 0.1) is 18.1 Å². The van der Waals surface area contributed by atoms with Gasteiger partial charge in [0, 0.05) is 23.5 Å². The van der Waals surface area contributed by atoms with Crippen LogP contribution in [-0.2, 0) is 28.6 Å². The summed E-state index contributed by atoms with van der Waals surface area (Å²) in [6.45, 7) is 12.7. The molecule has 0 radical (unpaired) electrons. The second kappa shape index (κ2) is 9.69. The quantitative estimate of drug-likeness (QED) is 0.292. The average Bonchev–Trinajstić information content (AvgIpc) is 3.25. The molecule has 3 aliphatic rings. The summed E-state index contributed by atoms with van der Waals surface area (Å²) in [7, 11) is 0. The first-order valence-corrected chi connectivity index (χ1v) is 10.7. The van der Waals surface area contributed by atoms with Gasteiger partial charge in [0.25, 0.3) is 0 Å². The number of ether oxygens (including phenoxy) is 3. The van der Waals surface area contributed by atoms with Crippen molar-refractivity contribution in [1.29, 1.82) is 0 Å². The third-order valence-corrected chi connectivity index (χ3v) is 6.63. The Bertz CT molecular complexity index is 936. The van der Waals surface area contributed by atoms with Crippen LogP contribution in [0.3, 0.4) is 0 Å². The fraction of sp³-hybridized carbons (Fsp3) is 0.480. The highest BCUT2D eigenvalue weighted by Gasteiger charge is 2.54. The van der Waals surface area contributed by atoms with E-state index in [2.05, 4.69) is 19.2 Å². The standard InChI is InChI=1S/C25H30O7/c1-6-13(2)23(27)30-12-17(9-10-26)25(29)31-19-11-15(4)18-8-7-14(3)20(18)22-21(19)16(5)24(28)32-22/h6-7,9,18-22,26H,4-5,8,10-12H2,1-3H3. The van der Waals surface area contributed by atoms with Crippen LogP contribution < -0.4 is 0 Å². The molecule has 32 heavy (non-hydrogen) atoms. The highest BCUT2D eigenvalue weighted by molar-refractivity contribution is 5.93. The molecule has 0 aromatic rings. The third-order valence-electron chi connectivity index (χ3n) is 6.63. The van der Waals surface area contributed by atoms with Crippen molar-refractivity contribution in [3.63, 3.8) is 0 Å². The maximum atomic E-state index is 13.0. The van der Waals surface area contributed by atoms with Crippen LogP contribution in [0.5, 0.6) is 0 Å². The molecule has 1 aliphatic heterocycles. The second-order valence-corrected chi connectivity index (χ2v) is 8.50. The van der Waals surface area contributed by atoms with Gasteiger partial charge in [-0.15, -0.1) is 0 Å². The lowest BCUT2D eigenvalue weighted by molar-refractivity contribution is -0.149. The molecule has 7 nitrogen and oxygen atoms in total. The van der Waals surface area contributed by atoms with Crippen molar-refractivity contribution in [3.05, 3.63) is 59.3 Å². The number of allylic oxidation sites excluding steroid dienone is 2. The molecule has 3 rings (SSSR count).